The Bertz CT molecular complexity index is 661. The van der Waals surface area contributed by atoms with E-state index in [2.05, 4.69) is 29.5 Å². The van der Waals surface area contributed by atoms with Crippen molar-refractivity contribution in [2.45, 2.75) is 39.8 Å². The zero-order chi connectivity index (χ0) is 17.0. The molecule has 0 saturated heterocycles. The van der Waals surface area contributed by atoms with Gasteiger partial charge in [0.05, 0.1) is 11.4 Å². The highest BCUT2D eigenvalue weighted by Crippen LogP contribution is 2.17. The van der Waals surface area contributed by atoms with Crippen LogP contribution < -0.4 is 5.32 Å². The van der Waals surface area contributed by atoms with Crippen molar-refractivity contribution < 1.29 is 4.79 Å². The molecular formula is C18H26N4O. The number of para-hydroxylation sites is 1. The van der Waals surface area contributed by atoms with E-state index in [-0.39, 0.29) is 11.9 Å². The van der Waals surface area contributed by atoms with Crippen molar-refractivity contribution in [3.05, 3.63) is 47.3 Å². The van der Waals surface area contributed by atoms with Gasteiger partial charge in [-0.05, 0) is 32.9 Å². The van der Waals surface area contributed by atoms with Crippen molar-refractivity contribution >= 4 is 5.91 Å². The smallest absolute Gasteiger partial charge is 0.223 e. The maximum absolute atomic E-state index is 11.8. The molecule has 0 radical (unpaired) electrons. The summed E-state index contributed by atoms with van der Waals surface area (Å²) in [5.41, 5.74) is 4.41. The molecule has 1 aromatic carbocycles. The summed E-state index contributed by atoms with van der Waals surface area (Å²) in [5, 5.41) is 8.08. The number of nitrogens with zero attached hydrogens (tertiary/aromatic N) is 3. The van der Waals surface area contributed by atoms with Gasteiger partial charge in [0.2, 0.25) is 5.91 Å². The monoisotopic (exact) mass is 314 g/mol. The summed E-state index contributed by atoms with van der Waals surface area (Å²) in [4.78, 5) is 13.4. The Hall–Kier alpha value is -2.14. The summed E-state index contributed by atoms with van der Waals surface area (Å²) in [5.74, 6) is 0.137. The van der Waals surface area contributed by atoms with Gasteiger partial charge in [-0.3, -0.25) is 4.79 Å². The summed E-state index contributed by atoms with van der Waals surface area (Å²) in [6, 6.07) is 10.3. The van der Waals surface area contributed by atoms with Gasteiger partial charge in [-0.15, -0.1) is 0 Å². The van der Waals surface area contributed by atoms with E-state index in [1.54, 1.807) is 19.0 Å². The van der Waals surface area contributed by atoms with Crippen LogP contribution in [-0.4, -0.2) is 40.7 Å². The van der Waals surface area contributed by atoms with Crippen molar-refractivity contribution in [1.82, 2.24) is 20.0 Å². The Kier molecular flexibility index (Phi) is 5.55. The molecule has 23 heavy (non-hydrogen) atoms. The van der Waals surface area contributed by atoms with E-state index in [1.165, 1.54) is 5.56 Å². The molecule has 0 fully saturated rings. The van der Waals surface area contributed by atoms with Crippen LogP contribution in [0.15, 0.2) is 30.3 Å². The molecule has 124 valence electrons. The van der Waals surface area contributed by atoms with Gasteiger partial charge in [0, 0.05) is 44.4 Å². The molecule has 5 nitrogen and oxygen atoms in total. The van der Waals surface area contributed by atoms with Gasteiger partial charge >= 0.3 is 0 Å². The molecule has 0 aliphatic rings. The highest BCUT2D eigenvalue weighted by atomic mass is 16.2. The Morgan fingerprint density at radius 3 is 2.52 bits per heavy atom. The van der Waals surface area contributed by atoms with E-state index in [0.717, 1.165) is 17.1 Å². The van der Waals surface area contributed by atoms with Gasteiger partial charge in [-0.1, -0.05) is 18.2 Å². The van der Waals surface area contributed by atoms with Crippen LogP contribution in [0, 0.1) is 13.8 Å². The van der Waals surface area contributed by atoms with Crippen LogP contribution in [0.25, 0.3) is 5.69 Å². The number of amides is 1. The predicted octanol–water partition coefficient (Wildman–Crippen LogP) is 2.45. The lowest BCUT2D eigenvalue weighted by atomic mass is 10.1. The average Bonchev–Trinajstić information content (AvgIpc) is 2.80. The molecule has 1 aromatic heterocycles. The summed E-state index contributed by atoms with van der Waals surface area (Å²) in [6.07, 6.45) is 0.498. The quantitative estimate of drug-likeness (QED) is 0.891. The number of aromatic nitrogens is 2. The third-order valence-electron chi connectivity index (χ3n) is 4.05. The van der Waals surface area contributed by atoms with Gasteiger partial charge in [0.1, 0.15) is 0 Å². The summed E-state index contributed by atoms with van der Waals surface area (Å²) in [7, 11) is 3.57. The molecule has 0 bridgehead atoms. The summed E-state index contributed by atoms with van der Waals surface area (Å²) < 4.78 is 1.97. The molecule has 1 atom stereocenters. The Balaban J connectivity index is 2.07. The minimum Gasteiger partial charge on any atom is -0.349 e. The Labute approximate surface area is 138 Å². The first-order valence-corrected chi connectivity index (χ1v) is 7.94. The number of hydrogen-bond donors (Lipinski definition) is 1. The van der Waals surface area contributed by atoms with Crippen molar-refractivity contribution in [3.63, 3.8) is 0 Å². The number of aryl methyl sites for hydroxylation is 1. The molecule has 1 heterocycles. The van der Waals surface area contributed by atoms with Crippen molar-refractivity contribution in [2.75, 3.05) is 14.1 Å². The maximum atomic E-state index is 11.8. The van der Waals surface area contributed by atoms with E-state index in [0.29, 0.717) is 13.0 Å². The molecule has 1 N–H and O–H groups in total. The van der Waals surface area contributed by atoms with E-state index in [9.17, 15) is 4.79 Å². The second kappa shape index (κ2) is 7.42. The molecular weight excluding hydrogens is 288 g/mol. The highest BCUT2D eigenvalue weighted by molar-refractivity contribution is 5.76. The van der Waals surface area contributed by atoms with Crippen molar-refractivity contribution in [1.29, 1.82) is 0 Å². The standard InChI is InChI=1S/C18H26N4O/c1-13(11-18(23)21(4)5)19-12-17-14(2)20-22(15(17)3)16-9-7-6-8-10-16/h6-10,13,19H,11-12H2,1-5H3/t13-/m1/s1. The molecule has 0 saturated carbocycles. The van der Waals surface area contributed by atoms with Gasteiger partial charge in [0.25, 0.3) is 0 Å². The fraction of sp³-hybridized carbons (Fsp3) is 0.444. The topological polar surface area (TPSA) is 50.2 Å². The largest absolute Gasteiger partial charge is 0.349 e. The lowest BCUT2D eigenvalue weighted by Crippen LogP contribution is -2.33. The SMILES string of the molecule is Cc1nn(-c2ccccc2)c(C)c1CN[C@H](C)CC(=O)N(C)C. The Morgan fingerprint density at radius 2 is 1.91 bits per heavy atom. The van der Waals surface area contributed by atoms with Gasteiger partial charge < -0.3 is 10.2 Å². The first-order valence-electron chi connectivity index (χ1n) is 7.94. The molecule has 0 aliphatic carbocycles. The van der Waals surface area contributed by atoms with Gasteiger partial charge in [-0.2, -0.15) is 5.10 Å². The van der Waals surface area contributed by atoms with Crippen LogP contribution in [0.2, 0.25) is 0 Å². The fourth-order valence-corrected chi connectivity index (χ4v) is 2.54. The van der Waals surface area contributed by atoms with Crippen LogP contribution in [-0.2, 0) is 11.3 Å². The molecule has 0 aliphatic heterocycles. The lowest BCUT2D eigenvalue weighted by Gasteiger charge is -2.16. The molecule has 5 heteroatoms. The zero-order valence-electron chi connectivity index (χ0n) is 14.6. The summed E-state index contributed by atoms with van der Waals surface area (Å²) in [6.45, 7) is 6.86. The van der Waals surface area contributed by atoms with Crippen LogP contribution in [0.1, 0.15) is 30.3 Å². The molecule has 1 amide bonds. The van der Waals surface area contributed by atoms with Gasteiger partial charge in [-0.25, -0.2) is 4.68 Å². The van der Waals surface area contributed by atoms with Gasteiger partial charge in [0.15, 0.2) is 0 Å². The number of rotatable bonds is 6. The second-order valence-electron chi connectivity index (χ2n) is 6.17. The highest BCUT2D eigenvalue weighted by Gasteiger charge is 2.15. The molecule has 0 spiro atoms. The fourth-order valence-electron chi connectivity index (χ4n) is 2.54. The third-order valence-corrected chi connectivity index (χ3v) is 4.05. The summed E-state index contributed by atoms with van der Waals surface area (Å²) >= 11 is 0. The zero-order valence-corrected chi connectivity index (χ0v) is 14.6. The van der Waals surface area contributed by atoms with Crippen molar-refractivity contribution in [2.24, 2.45) is 0 Å². The van der Waals surface area contributed by atoms with Crippen LogP contribution in [0.5, 0.6) is 0 Å². The number of hydrogen-bond acceptors (Lipinski definition) is 3. The van der Waals surface area contributed by atoms with Crippen molar-refractivity contribution in [3.8, 4) is 5.69 Å². The average molecular weight is 314 g/mol. The van der Waals surface area contributed by atoms with Crippen LogP contribution in [0.3, 0.4) is 0 Å². The predicted molar refractivity (Wildman–Crippen MR) is 92.7 cm³/mol. The maximum Gasteiger partial charge on any atom is 0.223 e. The third kappa shape index (κ3) is 4.20. The minimum atomic E-state index is 0.128. The normalized spacial score (nSPS) is 12.2. The number of benzene rings is 1. The van der Waals surface area contributed by atoms with E-state index < -0.39 is 0 Å². The lowest BCUT2D eigenvalue weighted by molar-refractivity contribution is -0.129. The molecule has 2 rings (SSSR count). The number of nitrogens with one attached hydrogen (secondary N) is 1. The first-order chi connectivity index (χ1) is 10.9. The van der Waals surface area contributed by atoms with E-state index in [4.69, 9.17) is 0 Å². The molecule has 0 unspecified atom stereocenters. The molecule has 2 aromatic rings. The number of carbonyl (C=O) groups excluding carboxylic acids is 1. The first kappa shape index (κ1) is 17.2. The minimum absolute atomic E-state index is 0.128. The van der Waals surface area contributed by atoms with E-state index in [1.807, 2.05) is 36.7 Å². The Morgan fingerprint density at radius 1 is 1.26 bits per heavy atom. The number of carbonyl (C=O) groups is 1. The second-order valence-corrected chi connectivity index (χ2v) is 6.17. The van der Waals surface area contributed by atoms with Crippen LogP contribution in [0.4, 0.5) is 0 Å². The van der Waals surface area contributed by atoms with Crippen LogP contribution >= 0.6 is 0 Å². The van der Waals surface area contributed by atoms with E-state index >= 15 is 0 Å².